The molecular formula is C13H20N2O2. The molecule has 1 N–H and O–H groups in total. The van der Waals surface area contributed by atoms with Crippen molar-refractivity contribution in [1.29, 1.82) is 0 Å². The summed E-state index contributed by atoms with van der Waals surface area (Å²) in [6.07, 6.45) is 2.63. The number of aliphatic hydroxyl groups is 1. The molecule has 0 amide bonds. The van der Waals surface area contributed by atoms with E-state index >= 15 is 0 Å². The van der Waals surface area contributed by atoms with E-state index in [1.54, 1.807) is 7.11 Å². The van der Waals surface area contributed by atoms with Crippen LogP contribution >= 0.6 is 0 Å². The lowest BCUT2D eigenvalue weighted by Gasteiger charge is -2.23. The van der Waals surface area contributed by atoms with E-state index in [0.717, 1.165) is 38.2 Å². The van der Waals surface area contributed by atoms with Crippen LogP contribution < -0.4 is 9.64 Å². The fourth-order valence-corrected chi connectivity index (χ4v) is 2.19. The molecule has 0 aliphatic carbocycles. The quantitative estimate of drug-likeness (QED) is 0.851. The van der Waals surface area contributed by atoms with Crippen LogP contribution in [0.4, 0.5) is 5.82 Å². The van der Waals surface area contributed by atoms with Crippen molar-refractivity contribution in [2.75, 3.05) is 25.1 Å². The Kier molecular flexibility index (Phi) is 3.52. The summed E-state index contributed by atoms with van der Waals surface area (Å²) in [5.74, 6) is 1.57. The van der Waals surface area contributed by atoms with Crippen LogP contribution in [0, 0.1) is 0 Å². The van der Waals surface area contributed by atoms with E-state index in [2.05, 4.69) is 9.88 Å². The van der Waals surface area contributed by atoms with E-state index in [0.29, 0.717) is 5.88 Å². The molecule has 0 spiro atoms. The summed E-state index contributed by atoms with van der Waals surface area (Å²) < 4.78 is 5.13. The average molecular weight is 236 g/mol. The molecule has 0 aromatic carbocycles. The summed E-state index contributed by atoms with van der Waals surface area (Å²) in [7, 11) is 1.62. The number of hydrogen-bond acceptors (Lipinski definition) is 4. The van der Waals surface area contributed by atoms with Crippen LogP contribution in [0.1, 0.15) is 26.2 Å². The fourth-order valence-electron chi connectivity index (χ4n) is 2.19. The molecule has 1 saturated heterocycles. The lowest BCUT2D eigenvalue weighted by molar-refractivity contribution is 0.0481. The minimum absolute atomic E-state index is 0.534. The zero-order chi connectivity index (χ0) is 12.3. The Hall–Kier alpha value is -1.29. The Labute approximate surface area is 102 Å². The molecule has 0 bridgehead atoms. The molecule has 0 saturated carbocycles. The molecule has 17 heavy (non-hydrogen) atoms. The van der Waals surface area contributed by atoms with Crippen molar-refractivity contribution in [3.63, 3.8) is 0 Å². The molecule has 4 nitrogen and oxygen atoms in total. The van der Waals surface area contributed by atoms with E-state index in [9.17, 15) is 5.11 Å². The second kappa shape index (κ2) is 4.92. The minimum Gasteiger partial charge on any atom is -0.481 e. The first kappa shape index (κ1) is 12.2. The van der Waals surface area contributed by atoms with Crippen LogP contribution in [0.15, 0.2) is 18.2 Å². The van der Waals surface area contributed by atoms with Gasteiger partial charge in [-0.1, -0.05) is 6.07 Å². The first-order valence-electron chi connectivity index (χ1n) is 6.09. The van der Waals surface area contributed by atoms with Gasteiger partial charge in [0.15, 0.2) is 0 Å². The van der Waals surface area contributed by atoms with Crippen molar-refractivity contribution in [1.82, 2.24) is 4.98 Å². The van der Waals surface area contributed by atoms with Gasteiger partial charge >= 0.3 is 0 Å². The highest BCUT2D eigenvalue weighted by Crippen LogP contribution is 2.25. The fraction of sp³-hybridized carbons (Fsp3) is 0.615. The summed E-state index contributed by atoms with van der Waals surface area (Å²) in [5, 5.41) is 10.0. The first-order chi connectivity index (χ1) is 8.11. The monoisotopic (exact) mass is 236 g/mol. The van der Waals surface area contributed by atoms with Gasteiger partial charge in [-0.2, -0.15) is 4.98 Å². The SMILES string of the molecule is COc1cccc(N2CCCC(C)(O)CC2)n1. The number of hydrogen-bond donors (Lipinski definition) is 1. The van der Waals surface area contributed by atoms with Crippen LogP contribution in [-0.4, -0.2) is 35.9 Å². The van der Waals surface area contributed by atoms with Crippen molar-refractivity contribution in [3.05, 3.63) is 18.2 Å². The van der Waals surface area contributed by atoms with Gasteiger partial charge in [-0.3, -0.25) is 0 Å². The van der Waals surface area contributed by atoms with Gasteiger partial charge < -0.3 is 14.7 Å². The number of anilines is 1. The van der Waals surface area contributed by atoms with Crippen molar-refractivity contribution in [2.45, 2.75) is 31.8 Å². The predicted octanol–water partition coefficient (Wildman–Crippen LogP) is 1.83. The van der Waals surface area contributed by atoms with Crippen LogP contribution in [0.3, 0.4) is 0 Å². The third-order valence-electron chi connectivity index (χ3n) is 3.31. The van der Waals surface area contributed by atoms with Crippen molar-refractivity contribution in [2.24, 2.45) is 0 Å². The molecule has 0 radical (unpaired) electrons. The van der Waals surface area contributed by atoms with Gasteiger partial charge in [0.2, 0.25) is 5.88 Å². The highest BCUT2D eigenvalue weighted by atomic mass is 16.5. The molecule has 1 aromatic heterocycles. The number of nitrogens with zero attached hydrogens (tertiary/aromatic N) is 2. The Morgan fingerprint density at radius 1 is 1.35 bits per heavy atom. The van der Waals surface area contributed by atoms with Crippen molar-refractivity contribution in [3.8, 4) is 5.88 Å². The van der Waals surface area contributed by atoms with Gasteiger partial charge in [0.1, 0.15) is 5.82 Å². The number of ether oxygens (including phenoxy) is 1. The van der Waals surface area contributed by atoms with E-state index in [4.69, 9.17) is 4.74 Å². The van der Waals surface area contributed by atoms with Crippen molar-refractivity contribution < 1.29 is 9.84 Å². The summed E-state index contributed by atoms with van der Waals surface area (Å²) in [6.45, 7) is 3.69. The van der Waals surface area contributed by atoms with Crippen molar-refractivity contribution >= 4 is 5.82 Å². The Bertz CT molecular complexity index is 379. The zero-order valence-corrected chi connectivity index (χ0v) is 10.5. The van der Waals surface area contributed by atoms with Gasteiger partial charge in [0.25, 0.3) is 0 Å². The van der Waals surface area contributed by atoms with Crippen LogP contribution in [0.5, 0.6) is 5.88 Å². The molecule has 4 heteroatoms. The van der Waals surface area contributed by atoms with Gasteiger partial charge in [0, 0.05) is 19.2 Å². The topological polar surface area (TPSA) is 45.6 Å². The van der Waals surface area contributed by atoms with Crippen LogP contribution in [0.25, 0.3) is 0 Å². The Morgan fingerprint density at radius 2 is 2.18 bits per heavy atom. The van der Waals surface area contributed by atoms with Crippen LogP contribution in [0.2, 0.25) is 0 Å². The standard InChI is InChI=1S/C13H20N2O2/c1-13(16)7-4-9-15(10-8-13)11-5-3-6-12(14-11)17-2/h3,5-6,16H,4,7-10H2,1-2H3. The lowest BCUT2D eigenvalue weighted by atomic mass is 9.98. The Balaban J connectivity index is 2.11. The van der Waals surface area contributed by atoms with E-state index < -0.39 is 5.60 Å². The minimum atomic E-state index is -0.534. The van der Waals surface area contributed by atoms with Gasteiger partial charge in [-0.05, 0) is 32.3 Å². The lowest BCUT2D eigenvalue weighted by Crippen LogP contribution is -2.28. The molecule has 1 atom stereocenters. The van der Waals surface area contributed by atoms with Gasteiger partial charge in [-0.25, -0.2) is 0 Å². The largest absolute Gasteiger partial charge is 0.481 e. The maximum Gasteiger partial charge on any atom is 0.214 e. The van der Waals surface area contributed by atoms with E-state index in [1.807, 2.05) is 25.1 Å². The summed E-state index contributed by atoms with van der Waals surface area (Å²) in [6, 6.07) is 5.78. The average Bonchev–Trinajstić information content (AvgIpc) is 2.50. The number of rotatable bonds is 2. The second-order valence-corrected chi connectivity index (χ2v) is 4.88. The molecule has 1 unspecified atom stereocenters. The number of aromatic nitrogens is 1. The highest BCUT2D eigenvalue weighted by Gasteiger charge is 2.25. The van der Waals surface area contributed by atoms with E-state index in [-0.39, 0.29) is 0 Å². The normalized spacial score (nSPS) is 25.5. The number of methoxy groups -OCH3 is 1. The number of pyridine rings is 1. The summed E-state index contributed by atoms with van der Waals surface area (Å²) in [5.41, 5.74) is -0.534. The molecule has 2 heterocycles. The molecule has 94 valence electrons. The smallest absolute Gasteiger partial charge is 0.214 e. The molecule has 1 aliphatic heterocycles. The molecular weight excluding hydrogens is 216 g/mol. The third kappa shape index (κ3) is 3.09. The maximum absolute atomic E-state index is 10.0. The summed E-state index contributed by atoms with van der Waals surface area (Å²) in [4.78, 5) is 6.64. The van der Waals surface area contributed by atoms with E-state index in [1.165, 1.54) is 0 Å². The van der Waals surface area contributed by atoms with Gasteiger partial charge in [0.05, 0.1) is 12.7 Å². The summed E-state index contributed by atoms with van der Waals surface area (Å²) >= 11 is 0. The zero-order valence-electron chi connectivity index (χ0n) is 10.5. The molecule has 1 fully saturated rings. The molecule has 1 aliphatic rings. The Morgan fingerprint density at radius 3 is 2.94 bits per heavy atom. The maximum atomic E-state index is 10.0. The first-order valence-corrected chi connectivity index (χ1v) is 6.09. The molecule has 1 aromatic rings. The van der Waals surface area contributed by atoms with Crippen LogP contribution in [-0.2, 0) is 0 Å². The third-order valence-corrected chi connectivity index (χ3v) is 3.31. The highest BCUT2D eigenvalue weighted by molar-refractivity contribution is 5.40. The van der Waals surface area contributed by atoms with Gasteiger partial charge in [-0.15, -0.1) is 0 Å². The predicted molar refractivity (Wildman–Crippen MR) is 67.5 cm³/mol. The molecule has 2 rings (SSSR count). The second-order valence-electron chi connectivity index (χ2n) is 4.88.